The summed E-state index contributed by atoms with van der Waals surface area (Å²) in [6, 6.07) is 2.96. The molecular formula is C10H10ClN3O3. The quantitative estimate of drug-likeness (QED) is 0.894. The molecule has 0 unspecified atom stereocenters. The van der Waals surface area contributed by atoms with Gasteiger partial charge in [-0.25, -0.2) is 9.48 Å². The Balaban J connectivity index is 2.48. The molecule has 1 aromatic carbocycles. The van der Waals surface area contributed by atoms with Crippen LogP contribution in [0.1, 0.15) is 10.4 Å². The monoisotopic (exact) mass is 255 g/mol. The number of carbonyl (C=O) groups is 1. The number of benzene rings is 1. The van der Waals surface area contributed by atoms with Crippen molar-refractivity contribution in [2.45, 2.75) is 6.54 Å². The van der Waals surface area contributed by atoms with Crippen molar-refractivity contribution in [2.24, 2.45) is 0 Å². The highest BCUT2D eigenvalue weighted by molar-refractivity contribution is 6.34. The fourth-order valence-electron chi connectivity index (χ4n) is 1.50. The lowest BCUT2D eigenvalue weighted by atomic mass is 10.2. The average Bonchev–Trinajstić information content (AvgIpc) is 2.67. The molecule has 0 bridgehead atoms. The van der Waals surface area contributed by atoms with Crippen LogP contribution in [-0.2, 0) is 11.3 Å². The highest BCUT2D eigenvalue weighted by Gasteiger charge is 2.13. The Morgan fingerprint density at radius 1 is 1.59 bits per heavy atom. The second-order valence-corrected chi connectivity index (χ2v) is 3.84. The van der Waals surface area contributed by atoms with E-state index < -0.39 is 5.97 Å². The van der Waals surface area contributed by atoms with Crippen LogP contribution in [0, 0.1) is 0 Å². The molecule has 2 rings (SSSR count). The molecule has 0 spiro atoms. The van der Waals surface area contributed by atoms with Gasteiger partial charge in [0, 0.05) is 7.11 Å². The zero-order chi connectivity index (χ0) is 12.4. The van der Waals surface area contributed by atoms with Gasteiger partial charge in [0.1, 0.15) is 5.52 Å². The number of halogens is 1. The van der Waals surface area contributed by atoms with E-state index in [-0.39, 0.29) is 10.6 Å². The molecule has 0 atom stereocenters. The van der Waals surface area contributed by atoms with Crippen molar-refractivity contribution < 1.29 is 14.6 Å². The van der Waals surface area contributed by atoms with Gasteiger partial charge in [0.25, 0.3) is 0 Å². The number of methoxy groups -OCH3 is 1. The van der Waals surface area contributed by atoms with E-state index in [1.165, 1.54) is 6.07 Å². The number of aromatic carboxylic acids is 1. The second-order valence-electron chi connectivity index (χ2n) is 3.43. The van der Waals surface area contributed by atoms with E-state index in [9.17, 15) is 4.79 Å². The second kappa shape index (κ2) is 4.68. The lowest BCUT2D eigenvalue weighted by molar-refractivity contribution is 0.0697. The SMILES string of the molecule is COCCn1nnc2cc(C(=O)O)c(Cl)cc21. The van der Waals surface area contributed by atoms with E-state index in [0.717, 1.165) is 0 Å². The topological polar surface area (TPSA) is 77.2 Å². The Hall–Kier alpha value is -1.66. The number of fused-ring (bicyclic) bond motifs is 1. The molecule has 0 aliphatic rings. The van der Waals surface area contributed by atoms with Crippen molar-refractivity contribution in [3.05, 3.63) is 22.7 Å². The van der Waals surface area contributed by atoms with Gasteiger partial charge in [-0.15, -0.1) is 5.10 Å². The fourth-order valence-corrected chi connectivity index (χ4v) is 1.73. The molecule has 0 amide bonds. The molecule has 7 heteroatoms. The van der Waals surface area contributed by atoms with E-state index in [1.807, 2.05) is 0 Å². The van der Waals surface area contributed by atoms with E-state index in [4.69, 9.17) is 21.4 Å². The Morgan fingerprint density at radius 3 is 3.00 bits per heavy atom. The van der Waals surface area contributed by atoms with Crippen molar-refractivity contribution in [2.75, 3.05) is 13.7 Å². The van der Waals surface area contributed by atoms with Gasteiger partial charge in [-0.2, -0.15) is 0 Å². The minimum Gasteiger partial charge on any atom is -0.478 e. The van der Waals surface area contributed by atoms with Gasteiger partial charge in [0.2, 0.25) is 0 Å². The lowest BCUT2D eigenvalue weighted by Crippen LogP contribution is -2.06. The molecule has 0 aliphatic carbocycles. The van der Waals surface area contributed by atoms with Crippen molar-refractivity contribution in [1.82, 2.24) is 15.0 Å². The Morgan fingerprint density at radius 2 is 2.35 bits per heavy atom. The van der Waals surface area contributed by atoms with Gasteiger partial charge < -0.3 is 9.84 Å². The summed E-state index contributed by atoms with van der Waals surface area (Å²) < 4.78 is 6.56. The number of hydrogen-bond donors (Lipinski definition) is 1. The van der Waals surface area contributed by atoms with Crippen LogP contribution in [0.3, 0.4) is 0 Å². The number of aromatic nitrogens is 3. The summed E-state index contributed by atoms with van der Waals surface area (Å²) in [6.45, 7) is 1.03. The Bertz CT molecular complexity index is 567. The Labute approximate surface area is 102 Å². The zero-order valence-electron chi connectivity index (χ0n) is 9.05. The first kappa shape index (κ1) is 11.8. The Kier molecular flexibility index (Phi) is 3.26. The van der Waals surface area contributed by atoms with Crippen LogP contribution < -0.4 is 0 Å². The molecule has 6 nitrogen and oxygen atoms in total. The molecule has 2 aromatic rings. The van der Waals surface area contributed by atoms with Crippen molar-refractivity contribution in [3.63, 3.8) is 0 Å². The molecular weight excluding hydrogens is 246 g/mol. The maximum Gasteiger partial charge on any atom is 0.337 e. The number of rotatable bonds is 4. The molecule has 17 heavy (non-hydrogen) atoms. The molecule has 1 N–H and O–H groups in total. The number of carboxylic acid groups (broad SMARTS) is 1. The summed E-state index contributed by atoms with van der Waals surface area (Å²) in [5, 5.41) is 16.9. The van der Waals surface area contributed by atoms with E-state index in [1.54, 1.807) is 17.9 Å². The van der Waals surface area contributed by atoms with Crippen LogP contribution in [0.15, 0.2) is 12.1 Å². The van der Waals surface area contributed by atoms with Crippen LogP contribution in [0.4, 0.5) is 0 Å². The summed E-state index contributed by atoms with van der Waals surface area (Å²) >= 11 is 5.88. The first-order valence-electron chi connectivity index (χ1n) is 4.88. The first-order valence-corrected chi connectivity index (χ1v) is 5.26. The predicted octanol–water partition coefficient (Wildman–Crippen LogP) is 1.43. The molecule has 0 saturated carbocycles. The first-order chi connectivity index (χ1) is 8.13. The third-order valence-electron chi connectivity index (χ3n) is 2.34. The molecule has 90 valence electrons. The molecule has 0 aliphatic heterocycles. The number of nitrogens with zero attached hydrogens (tertiary/aromatic N) is 3. The van der Waals surface area contributed by atoms with Crippen molar-refractivity contribution in [1.29, 1.82) is 0 Å². The van der Waals surface area contributed by atoms with Crippen LogP contribution in [-0.4, -0.2) is 39.8 Å². The average molecular weight is 256 g/mol. The largest absolute Gasteiger partial charge is 0.478 e. The molecule has 1 aromatic heterocycles. The minimum absolute atomic E-state index is 0.0259. The maximum atomic E-state index is 10.9. The summed E-state index contributed by atoms with van der Waals surface area (Å²) in [5.74, 6) is -1.08. The fraction of sp³-hybridized carbons (Fsp3) is 0.300. The smallest absolute Gasteiger partial charge is 0.337 e. The van der Waals surface area contributed by atoms with E-state index >= 15 is 0 Å². The number of hydrogen-bond acceptors (Lipinski definition) is 4. The van der Waals surface area contributed by atoms with Gasteiger partial charge in [0.15, 0.2) is 0 Å². The highest BCUT2D eigenvalue weighted by Crippen LogP contribution is 2.22. The summed E-state index contributed by atoms with van der Waals surface area (Å²) in [4.78, 5) is 10.9. The van der Waals surface area contributed by atoms with Crippen molar-refractivity contribution >= 4 is 28.6 Å². The van der Waals surface area contributed by atoms with E-state index in [0.29, 0.717) is 24.2 Å². The number of ether oxygens (including phenoxy) is 1. The van der Waals surface area contributed by atoms with Crippen LogP contribution in [0.5, 0.6) is 0 Å². The van der Waals surface area contributed by atoms with Gasteiger partial charge in [-0.1, -0.05) is 16.8 Å². The minimum atomic E-state index is -1.08. The standard InChI is InChI=1S/C10H10ClN3O3/c1-17-3-2-14-9-5-7(11)6(10(15)16)4-8(9)12-13-14/h4-5H,2-3H2,1H3,(H,15,16). The normalized spacial score (nSPS) is 10.9. The molecule has 0 radical (unpaired) electrons. The molecule has 0 fully saturated rings. The van der Waals surface area contributed by atoms with Gasteiger partial charge >= 0.3 is 5.97 Å². The van der Waals surface area contributed by atoms with Crippen molar-refractivity contribution in [3.8, 4) is 0 Å². The maximum absolute atomic E-state index is 10.9. The summed E-state index contributed by atoms with van der Waals surface area (Å²) in [6.07, 6.45) is 0. The zero-order valence-corrected chi connectivity index (χ0v) is 9.81. The third-order valence-corrected chi connectivity index (χ3v) is 2.65. The van der Waals surface area contributed by atoms with Gasteiger partial charge in [0.05, 0.1) is 29.3 Å². The lowest BCUT2D eigenvalue weighted by Gasteiger charge is -2.02. The molecule has 1 heterocycles. The summed E-state index contributed by atoms with van der Waals surface area (Å²) in [7, 11) is 1.59. The van der Waals surface area contributed by atoms with Gasteiger partial charge in [-0.05, 0) is 12.1 Å². The van der Waals surface area contributed by atoms with E-state index in [2.05, 4.69) is 10.3 Å². The predicted molar refractivity (Wildman–Crippen MR) is 61.4 cm³/mol. The highest BCUT2D eigenvalue weighted by atomic mass is 35.5. The van der Waals surface area contributed by atoms with Crippen LogP contribution in [0.2, 0.25) is 5.02 Å². The van der Waals surface area contributed by atoms with Gasteiger partial charge in [-0.3, -0.25) is 0 Å². The number of carboxylic acids is 1. The third kappa shape index (κ3) is 2.22. The van der Waals surface area contributed by atoms with Crippen LogP contribution in [0.25, 0.3) is 11.0 Å². The molecule has 0 saturated heterocycles. The summed E-state index contributed by atoms with van der Waals surface area (Å²) in [5.41, 5.74) is 1.22. The van der Waals surface area contributed by atoms with Crippen LogP contribution >= 0.6 is 11.6 Å².